The lowest BCUT2D eigenvalue weighted by atomic mass is 10.3. The van der Waals surface area contributed by atoms with E-state index in [0.717, 1.165) is 29.0 Å². The van der Waals surface area contributed by atoms with Gasteiger partial charge in [0.2, 0.25) is 0 Å². The largest absolute Gasteiger partial charge is 0.369 e. The Balaban J connectivity index is 1.68. The topological polar surface area (TPSA) is 37.8 Å². The SMILES string of the molecule is Brc1ccc(CCNc2ncnc3sccc23)s1. The van der Waals surface area contributed by atoms with Crippen molar-refractivity contribution in [3.8, 4) is 0 Å². The van der Waals surface area contributed by atoms with Gasteiger partial charge in [-0.15, -0.1) is 22.7 Å². The van der Waals surface area contributed by atoms with Crippen molar-refractivity contribution in [1.82, 2.24) is 9.97 Å². The molecule has 0 saturated carbocycles. The van der Waals surface area contributed by atoms with Crippen LogP contribution in [0.3, 0.4) is 0 Å². The fraction of sp³-hybridized carbons (Fsp3) is 0.167. The fourth-order valence-corrected chi connectivity index (χ4v) is 3.94. The Bertz CT molecular complexity index is 662. The predicted octanol–water partition coefficient (Wildman–Crippen LogP) is 4.17. The van der Waals surface area contributed by atoms with Gasteiger partial charge in [0.05, 0.1) is 9.17 Å². The lowest BCUT2D eigenvalue weighted by Crippen LogP contribution is -2.05. The van der Waals surface area contributed by atoms with Gasteiger partial charge in [-0.25, -0.2) is 9.97 Å². The molecule has 0 atom stereocenters. The Hall–Kier alpha value is -0.980. The van der Waals surface area contributed by atoms with E-state index in [1.54, 1.807) is 29.0 Å². The van der Waals surface area contributed by atoms with Gasteiger partial charge in [-0.05, 0) is 45.9 Å². The summed E-state index contributed by atoms with van der Waals surface area (Å²) in [4.78, 5) is 10.9. The fourth-order valence-electron chi connectivity index (χ4n) is 1.72. The monoisotopic (exact) mass is 339 g/mol. The molecule has 0 bridgehead atoms. The molecular formula is C12H10BrN3S2. The quantitative estimate of drug-likeness (QED) is 0.775. The Kier molecular flexibility index (Phi) is 3.58. The molecule has 0 radical (unpaired) electrons. The van der Waals surface area contributed by atoms with E-state index < -0.39 is 0 Å². The molecule has 18 heavy (non-hydrogen) atoms. The smallest absolute Gasteiger partial charge is 0.138 e. The van der Waals surface area contributed by atoms with Crippen LogP contribution in [0.2, 0.25) is 0 Å². The number of thiophene rings is 2. The molecule has 1 N–H and O–H groups in total. The zero-order valence-electron chi connectivity index (χ0n) is 9.39. The summed E-state index contributed by atoms with van der Waals surface area (Å²) in [6.45, 7) is 0.884. The van der Waals surface area contributed by atoms with Crippen molar-refractivity contribution >= 4 is 54.6 Å². The van der Waals surface area contributed by atoms with E-state index in [0.29, 0.717) is 0 Å². The molecule has 92 valence electrons. The lowest BCUT2D eigenvalue weighted by Gasteiger charge is -2.05. The molecule has 0 fully saturated rings. The van der Waals surface area contributed by atoms with Crippen LogP contribution in [0.15, 0.2) is 33.7 Å². The number of aromatic nitrogens is 2. The van der Waals surface area contributed by atoms with Crippen molar-refractivity contribution in [3.05, 3.63) is 38.6 Å². The highest BCUT2D eigenvalue weighted by Crippen LogP contribution is 2.25. The van der Waals surface area contributed by atoms with Crippen molar-refractivity contribution in [2.45, 2.75) is 6.42 Å². The first kappa shape index (κ1) is 12.1. The second-order valence-electron chi connectivity index (χ2n) is 3.74. The third kappa shape index (κ3) is 2.55. The molecule has 0 aliphatic heterocycles. The minimum atomic E-state index is 0.884. The molecule has 3 aromatic rings. The van der Waals surface area contributed by atoms with Gasteiger partial charge < -0.3 is 5.32 Å². The summed E-state index contributed by atoms with van der Waals surface area (Å²) >= 11 is 6.89. The molecule has 3 nitrogen and oxygen atoms in total. The normalized spacial score (nSPS) is 10.9. The first-order valence-electron chi connectivity index (χ1n) is 5.49. The molecule has 0 aliphatic rings. The molecule has 3 rings (SSSR count). The number of nitrogens with zero attached hydrogens (tertiary/aromatic N) is 2. The van der Waals surface area contributed by atoms with Crippen LogP contribution in [0.5, 0.6) is 0 Å². The maximum atomic E-state index is 4.29. The third-order valence-electron chi connectivity index (χ3n) is 2.55. The van der Waals surface area contributed by atoms with Crippen molar-refractivity contribution in [2.24, 2.45) is 0 Å². The van der Waals surface area contributed by atoms with Gasteiger partial charge in [0.15, 0.2) is 0 Å². The summed E-state index contributed by atoms with van der Waals surface area (Å²) in [6, 6.07) is 6.29. The van der Waals surface area contributed by atoms with Gasteiger partial charge in [-0.3, -0.25) is 0 Å². The minimum absolute atomic E-state index is 0.884. The van der Waals surface area contributed by atoms with Crippen molar-refractivity contribution in [3.63, 3.8) is 0 Å². The summed E-state index contributed by atoms with van der Waals surface area (Å²) in [7, 11) is 0. The van der Waals surface area contributed by atoms with Crippen LogP contribution in [0.1, 0.15) is 4.88 Å². The zero-order valence-corrected chi connectivity index (χ0v) is 12.6. The number of anilines is 1. The average Bonchev–Trinajstić information content (AvgIpc) is 2.98. The van der Waals surface area contributed by atoms with Crippen molar-refractivity contribution in [2.75, 3.05) is 11.9 Å². The van der Waals surface area contributed by atoms with Crippen LogP contribution in [0.4, 0.5) is 5.82 Å². The van der Waals surface area contributed by atoms with Crippen LogP contribution in [0, 0.1) is 0 Å². The van der Waals surface area contributed by atoms with Crippen LogP contribution in [-0.2, 0) is 6.42 Å². The van der Waals surface area contributed by atoms with Gasteiger partial charge in [0.1, 0.15) is 17.0 Å². The predicted molar refractivity (Wildman–Crippen MR) is 81.6 cm³/mol. The average molecular weight is 340 g/mol. The number of fused-ring (bicyclic) bond motifs is 1. The van der Waals surface area contributed by atoms with Crippen LogP contribution in [-0.4, -0.2) is 16.5 Å². The standard InChI is InChI=1S/C12H10BrN3S2/c13-10-2-1-8(18-10)3-5-14-11-9-4-6-17-12(9)16-7-15-11/h1-2,4,6-7H,3,5H2,(H,14,15,16). The molecule has 0 spiro atoms. The second kappa shape index (κ2) is 5.34. The van der Waals surface area contributed by atoms with E-state index in [4.69, 9.17) is 0 Å². The van der Waals surface area contributed by atoms with Crippen LogP contribution >= 0.6 is 38.6 Å². The molecule has 0 aliphatic carbocycles. The van der Waals surface area contributed by atoms with Crippen LogP contribution in [0.25, 0.3) is 10.2 Å². The maximum absolute atomic E-state index is 4.29. The second-order valence-corrected chi connectivity index (χ2v) is 7.19. The van der Waals surface area contributed by atoms with E-state index in [9.17, 15) is 0 Å². The summed E-state index contributed by atoms with van der Waals surface area (Å²) in [6.07, 6.45) is 2.62. The van der Waals surface area contributed by atoms with E-state index in [2.05, 4.69) is 49.4 Å². The minimum Gasteiger partial charge on any atom is -0.369 e. The maximum Gasteiger partial charge on any atom is 0.138 e. The summed E-state index contributed by atoms with van der Waals surface area (Å²) < 4.78 is 1.18. The molecule has 0 amide bonds. The third-order valence-corrected chi connectivity index (χ3v) is 5.06. The summed E-state index contributed by atoms with van der Waals surface area (Å²) in [5.41, 5.74) is 0. The van der Waals surface area contributed by atoms with E-state index in [1.807, 2.05) is 5.38 Å². The Labute approximate surface area is 121 Å². The number of rotatable bonds is 4. The molecule has 3 aromatic heterocycles. The van der Waals surface area contributed by atoms with Crippen molar-refractivity contribution < 1.29 is 0 Å². The summed E-state index contributed by atoms with van der Waals surface area (Å²) in [5, 5.41) is 6.53. The van der Waals surface area contributed by atoms with Gasteiger partial charge >= 0.3 is 0 Å². The zero-order chi connectivity index (χ0) is 12.4. The Morgan fingerprint density at radius 1 is 1.22 bits per heavy atom. The summed E-state index contributed by atoms with van der Waals surface area (Å²) in [5.74, 6) is 0.928. The van der Waals surface area contributed by atoms with Gasteiger partial charge in [-0.2, -0.15) is 0 Å². The molecule has 0 unspecified atom stereocenters. The molecule has 6 heteroatoms. The molecule has 3 heterocycles. The Morgan fingerprint density at radius 2 is 2.17 bits per heavy atom. The first-order valence-corrected chi connectivity index (χ1v) is 7.98. The van der Waals surface area contributed by atoms with Gasteiger partial charge in [-0.1, -0.05) is 0 Å². The van der Waals surface area contributed by atoms with E-state index >= 15 is 0 Å². The van der Waals surface area contributed by atoms with Crippen molar-refractivity contribution in [1.29, 1.82) is 0 Å². The van der Waals surface area contributed by atoms with E-state index in [-0.39, 0.29) is 0 Å². The number of halogens is 1. The molecule has 0 aromatic carbocycles. The van der Waals surface area contributed by atoms with Gasteiger partial charge in [0.25, 0.3) is 0 Å². The highest BCUT2D eigenvalue weighted by molar-refractivity contribution is 9.11. The molecular weight excluding hydrogens is 330 g/mol. The highest BCUT2D eigenvalue weighted by Gasteiger charge is 2.04. The first-order chi connectivity index (χ1) is 8.83. The number of hydrogen-bond acceptors (Lipinski definition) is 5. The van der Waals surface area contributed by atoms with Crippen LogP contribution < -0.4 is 5.32 Å². The molecule has 0 saturated heterocycles. The number of nitrogens with one attached hydrogen (secondary N) is 1. The van der Waals surface area contributed by atoms with E-state index in [1.165, 1.54) is 8.66 Å². The highest BCUT2D eigenvalue weighted by atomic mass is 79.9. The Morgan fingerprint density at radius 3 is 3.00 bits per heavy atom. The lowest BCUT2D eigenvalue weighted by molar-refractivity contribution is 1.03. The number of hydrogen-bond donors (Lipinski definition) is 1. The van der Waals surface area contributed by atoms with Gasteiger partial charge in [0, 0.05) is 11.4 Å².